The van der Waals surface area contributed by atoms with Crippen LogP contribution in [-0.4, -0.2) is 49.3 Å². The predicted octanol–water partition coefficient (Wildman–Crippen LogP) is 29.3. The first-order valence-corrected chi connectivity index (χ1v) is 44.8. The Morgan fingerprint density at radius 2 is 0.561 bits per heavy atom. The number of carbonyl (C=O) groups is 2. The second-order valence-corrected chi connectivity index (χ2v) is 30.8. The molecule has 0 rings (SSSR count). The maximum atomic E-state index is 12.8. The van der Waals surface area contributed by atoms with Gasteiger partial charge in [-0.2, -0.15) is 0 Å². The fraction of sp³-hybridized carbons (Fsp3) is 0.864. The number of phosphoric acid groups is 1. The van der Waals surface area contributed by atoms with Gasteiger partial charge in [0, 0.05) is 19.4 Å². The summed E-state index contributed by atoms with van der Waals surface area (Å²) in [7, 11) is -4.40. The van der Waals surface area contributed by atoms with Gasteiger partial charge in [-0.1, -0.05) is 447 Å². The van der Waals surface area contributed by atoms with Crippen molar-refractivity contribution in [2.45, 2.75) is 463 Å². The zero-order valence-electron chi connectivity index (χ0n) is 65.3. The van der Waals surface area contributed by atoms with Gasteiger partial charge < -0.3 is 20.1 Å². The summed E-state index contributed by atoms with van der Waals surface area (Å²) in [5, 5.41) is 0. The lowest BCUT2D eigenvalue weighted by Crippen LogP contribution is -2.29. The van der Waals surface area contributed by atoms with Crippen molar-refractivity contribution in [2.24, 2.45) is 5.73 Å². The molecule has 10 heteroatoms. The summed E-state index contributed by atoms with van der Waals surface area (Å²) in [6.45, 7) is 3.72. The van der Waals surface area contributed by atoms with Crippen molar-refractivity contribution in [3.05, 3.63) is 60.8 Å². The van der Waals surface area contributed by atoms with Gasteiger partial charge in [-0.15, -0.1) is 0 Å². The minimum atomic E-state index is -4.40. The number of nitrogens with two attached hydrogens (primary N) is 1. The minimum absolute atomic E-state index is 0.0557. The summed E-state index contributed by atoms with van der Waals surface area (Å²) in [4.78, 5) is 35.5. The summed E-state index contributed by atoms with van der Waals surface area (Å²) in [5.41, 5.74) is 5.42. The van der Waals surface area contributed by atoms with Crippen molar-refractivity contribution in [1.82, 2.24) is 0 Å². The standard InChI is InChI=1S/C88H166NO8P/c1-3-5-7-9-11-13-15-17-19-21-23-25-27-29-31-33-35-37-39-41-42-43-45-46-48-50-52-54-56-58-60-62-64-66-68-70-72-74-76-78-80-87(90)94-84-86(85-96-98(92,93)95-83-82-89)97-88(91)81-79-77-75-73-71-69-67-65-63-61-59-57-55-53-51-49-47-44-40-38-36-34-32-30-28-26-24-22-20-18-16-14-12-10-8-6-4-2/h6,8,12,14,18,20,24,26,30,32,86H,3-5,7,9-11,13,15-17,19,21-23,25,27-29,31,33-85,89H2,1-2H3,(H,92,93)/b8-6-,14-12-,20-18-,26-24-,32-30-. The Bertz CT molecular complexity index is 1800. The summed E-state index contributed by atoms with van der Waals surface area (Å²) < 4.78 is 33.3. The van der Waals surface area contributed by atoms with Crippen molar-refractivity contribution < 1.29 is 37.6 Å². The van der Waals surface area contributed by atoms with E-state index in [9.17, 15) is 19.0 Å². The first-order chi connectivity index (χ1) is 48.3. The van der Waals surface area contributed by atoms with E-state index in [4.69, 9.17) is 24.3 Å². The van der Waals surface area contributed by atoms with Crippen molar-refractivity contribution in [3.63, 3.8) is 0 Å². The minimum Gasteiger partial charge on any atom is -0.462 e. The second-order valence-electron chi connectivity index (χ2n) is 29.4. The van der Waals surface area contributed by atoms with Crippen LogP contribution < -0.4 is 5.73 Å². The van der Waals surface area contributed by atoms with Gasteiger partial charge in [-0.25, -0.2) is 4.57 Å². The van der Waals surface area contributed by atoms with Crippen LogP contribution in [0.4, 0.5) is 0 Å². The number of hydrogen-bond donors (Lipinski definition) is 2. The topological polar surface area (TPSA) is 134 Å². The first-order valence-electron chi connectivity index (χ1n) is 43.3. The SMILES string of the molecule is CC/C=C\C/C=C\C/C=C\C/C=C\C/C=C\CCCCCCCCCCCCCCCCCCCCCCCC(=O)OC(COC(=O)CCCCCCCCCCCCCCCCCCCCCCCCCCCCCCCCCCCCCCCCCC)COP(=O)(O)OCCN. The Labute approximate surface area is 610 Å². The molecule has 3 N–H and O–H groups in total. The van der Waals surface area contributed by atoms with E-state index in [2.05, 4.69) is 74.6 Å². The lowest BCUT2D eigenvalue weighted by Gasteiger charge is -2.19. The number of esters is 2. The Morgan fingerprint density at radius 3 is 0.837 bits per heavy atom. The number of ether oxygens (including phenoxy) is 2. The lowest BCUT2D eigenvalue weighted by molar-refractivity contribution is -0.161. The largest absolute Gasteiger partial charge is 0.472 e. The van der Waals surface area contributed by atoms with Gasteiger partial charge in [-0.05, 0) is 57.8 Å². The van der Waals surface area contributed by atoms with Crippen LogP contribution in [0.1, 0.15) is 457 Å². The fourth-order valence-corrected chi connectivity index (χ4v) is 14.1. The molecule has 9 nitrogen and oxygen atoms in total. The Hall–Kier alpha value is -2.29. The third kappa shape index (κ3) is 82.7. The van der Waals surface area contributed by atoms with E-state index in [0.29, 0.717) is 6.42 Å². The van der Waals surface area contributed by atoms with Gasteiger partial charge in [0.1, 0.15) is 6.61 Å². The smallest absolute Gasteiger partial charge is 0.462 e. The molecule has 0 aliphatic rings. The molecule has 2 unspecified atom stereocenters. The molecule has 0 radical (unpaired) electrons. The first kappa shape index (κ1) is 95.7. The van der Waals surface area contributed by atoms with E-state index in [1.54, 1.807) is 0 Å². The van der Waals surface area contributed by atoms with Crippen LogP contribution in [0.15, 0.2) is 60.8 Å². The summed E-state index contributed by atoms with van der Waals surface area (Å²) in [6, 6.07) is 0. The normalized spacial score (nSPS) is 13.1. The summed E-state index contributed by atoms with van der Waals surface area (Å²) >= 11 is 0. The highest BCUT2D eigenvalue weighted by Crippen LogP contribution is 2.43. The molecule has 0 saturated heterocycles. The zero-order valence-corrected chi connectivity index (χ0v) is 66.2. The molecule has 0 aromatic rings. The highest BCUT2D eigenvalue weighted by molar-refractivity contribution is 7.47. The van der Waals surface area contributed by atoms with E-state index < -0.39 is 26.5 Å². The molecule has 0 spiro atoms. The van der Waals surface area contributed by atoms with Crippen LogP contribution in [0, 0.1) is 0 Å². The van der Waals surface area contributed by atoms with Gasteiger partial charge in [0.15, 0.2) is 6.10 Å². The van der Waals surface area contributed by atoms with Crippen LogP contribution in [0.2, 0.25) is 0 Å². The molecule has 0 aliphatic carbocycles. The zero-order chi connectivity index (χ0) is 70.8. The average Bonchev–Trinajstić information content (AvgIpc) is 1.57. The van der Waals surface area contributed by atoms with Crippen LogP contribution in [0.25, 0.3) is 0 Å². The summed E-state index contributed by atoms with van der Waals surface area (Å²) in [5.74, 6) is -0.801. The van der Waals surface area contributed by atoms with E-state index >= 15 is 0 Å². The van der Waals surface area contributed by atoms with Crippen LogP contribution in [0.5, 0.6) is 0 Å². The van der Waals surface area contributed by atoms with Crippen LogP contribution in [0.3, 0.4) is 0 Å². The molecule has 98 heavy (non-hydrogen) atoms. The Balaban J connectivity index is 3.71. The van der Waals surface area contributed by atoms with Crippen molar-refractivity contribution in [3.8, 4) is 0 Å². The van der Waals surface area contributed by atoms with E-state index in [-0.39, 0.29) is 38.6 Å². The van der Waals surface area contributed by atoms with Gasteiger partial charge >= 0.3 is 19.8 Å². The number of hydrogen-bond acceptors (Lipinski definition) is 8. The quantitative estimate of drug-likeness (QED) is 0.0264. The molecule has 0 aromatic heterocycles. The molecular formula is C88H166NO8P. The molecule has 576 valence electrons. The van der Waals surface area contributed by atoms with Crippen LogP contribution in [-0.2, 0) is 32.7 Å². The van der Waals surface area contributed by atoms with E-state index in [1.165, 1.54) is 360 Å². The maximum absolute atomic E-state index is 12.8. The molecule has 0 saturated carbocycles. The highest BCUT2D eigenvalue weighted by Gasteiger charge is 2.26. The van der Waals surface area contributed by atoms with Gasteiger partial charge in [-0.3, -0.25) is 18.6 Å². The van der Waals surface area contributed by atoms with E-state index in [1.807, 2.05) is 0 Å². The van der Waals surface area contributed by atoms with Gasteiger partial charge in [0.05, 0.1) is 13.2 Å². The third-order valence-corrected chi connectivity index (χ3v) is 20.7. The number of unbranched alkanes of at least 4 members (excludes halogenated alkanes) is 60. The predicted molar refractivity (Wildman–Crippen MR) is 427 cm³/mol. The van der Waals surface area contributed by atoms with Crippen molar-refractivity contribution in [1.29, 1.82) is 0 Å². The maximum Gasteiger partial charge on any atom is 0.472 e. The molecule has 2 atom stereocenters. The highest BCUT2D eigenvalue weighted by atomic mass is 31.2. The number of phosphoric ester groups is 1. The number of allylic oxidation sites excluding steroid dienone is 10. The van der Waals surface area contributed by atoms with Crippen molar-refractivity contribution in [2.75, 3.05) is 26.4 Å². The van der Waals surface area contributed by atoms with Gasteiger partial charge in [0.25, 0.3) is 0 Å². The Morgan fingerprint density at radius 1 is 0.316 bits per heavy atom. The van der Waals surface area contributed by atoms with Crippen LogP contribution >= 0.6 is 7.82 Å². The Kier molecular flexibility index (Phi) is 81.7. The van der Waals surface area contributed by atoms with Gasteiger partial charge in [0.2, 0.25) is 0 Å². The number of carbonyl (C=O) groups excluding carboxylic acids is 2. The average molecular weight is 1400 g/mol. The number of rotatable bonds is 83. The molecule has 0 aromatic carbocycles. The third-order valence-electron chi connectivity index (χ3n) is 19.7. The molecular weight excluding hydrogens is 1230 g/mol. The molecule has 0 bridgehead atoms. The second kappa shape index (κ2) is 83.7. The van der Waals surface area contributed by atoms with E-state index in [0.717, 1.165) is 64.2 Å². The fourth-order valence-electron chi connectivity index (χ4n) is 13.3. The van der Waals surface area contributed by atoms with Crippen molar-refractivity contribution >= 4 is 19.8 Å². The lowest BCUT2D eigenvalue weighted by atomic mass is 10.0. The molecule has 0 heterocycles. The monoisotopic (exact) mass is 1400 g/mol. The summed E-state index contributed by atoms with van der Waals surface area (Å²) in [6.07, 6.45) is 111. The molecule has 0 fully saturated rings. The molecule has 0 aliphatic heterocycles. The molecule has 0 amide bonds.